The lowest BCUT2D eigenvalue weighted by atomic mass is 9.84. The summed E-state index contributed by atoms with van der Waals surface area (Å²) < 4.78 is 60.9. The molecule has 206 valence electrons. The quantitative estimate of drug-likeness (QED) is 0.243. The number of alkyl halides is 2. The van der Waals surface area contributed by atoms with E-state index < -0.39 is 29.7 Å². The van der Waals surface area contributed by atoms with Gasteiger partial charge in [0.25, 0.3) is 6.43 Å². The Balaban J connectivity index is 1.51. The van der Waals surface area contributed by atoms with Crippen LogP contribution in [0.3, 0.4) is 0 Å². The Morgan fingerprint density at radius 3 is 2.77 bits per heavy atom. The summed E-state index contributed by atoms with van der Waals surface area (Å²) in [5.74, 6) is -1.13. The van der Waals surface area contributed by atoms with E-state index in [1.54, 1.807) is 23.4 Å². The number of aromatic nitrogens is 3. The van der Waals surface area contributed by atoms with Gasteiger partial charge in [0.1, 0.15) is 17.7 Å². The Kier molecular flexibility index (Phi) is 7.32. The van der Waals surface area contributed by atoms with Crippen LogP contribution in [0, 0.1) is 11.6 Å². The maximum atomic E-state index is 14.9. The van der Waals surface area contributed by atoms with Crippen LogP contribution in [0.1, 0.15) is 18.4 Å². The molecule has 0 radical (unpaired) electrons. The summed E-state index contributed by atoms with van der Waals surface area (Å²) in [6.07, 6.45) is 0.705. The van der Waals surface area contributed by atoms with Gasteiger partial charge in [-0.1, -0.05) is 0 Å². The van der Waals surface area contributed by atoms with E-state index in [-0.39, 0.29) is 36.5 Å². The number of hydrogen-bond donors (Lipinski definition) is 4. The average Bonchev–Trinajstić information content (AvgIpc) is 3.40. The Bertz CT molecular complexity index is 1480. The van der Waals surface area contributed by atoms with E-state index in [9.17, 15) is 22.7 Å². The summed E-state index contributed by atoms with van der Waals surface area (Å²) in [5, 5.41) is 14.3. The van der Waals surface area contributed by atoms with Gasteiger partial charge >= 0.3 is 0 Å². The van der Waals surface area contributed by atoms with Crippen LogP contribution >= 0.6 is 0 Å². The maximum Gasteiger partial charge on any atom is 0.265 e. The number of fused-ring (bicyclic) bond motifs is 1. The van der Waals surface area contributed by atoms with Gasteiger partial charge in [0.15, 0.2) is 11.6 Å². The van der Waals surface area contributed by atoms with Gasteiger partial charge in [-0.15, -0.1) is 0 Å². The number of rotatable bonds is 8. The van der Waals surface area contributed by atoms with E-state index in [4.69, 9.17) is 10.5 Å². The zero-order valence-corrected chi connectivity index (χ0v) is 21.1. The number of nitrogens with one attached hydrogen (secondary N) is 2. The zero-order chi connectivity index (χ0) is 27.7. The molecule has 8 nitrogen and oxygen atoms in total. The zero-order valence-electron chi connectivity index (χ0n) is 21.1. The van der Waals surface area contributed by atoms with Gasteiger partial charge in [-0.25, -0.2) is 22.5 Å². The molecule has 0 spiro atoms. The minimum Gasteiger partial charge on any atom is -0.494 e. The third kappa shape index (κ3) is 5.34. The van der Waals surface area contributed by atoms with Crippen molar-refractivity contribution in [2.75, 3.05) is 30.4 Å². The first-order valence-electron chi connectivity index (χ1n) is 12.4. The van der Waals surface area contributed by atoms with Gasteiger partial charge in [0.2, 0.25) is 0 Å². The van der Waals surface area contributed by atoms with Crippen molar-refractivity contribution < 1.29 is 27.4 Å². The van der Waals surface area contributed by atoms with Gasteiger partial charge in [0.05, 0.1) is 35.7 Å². The molecule has 0 amide bonds. The lowest BCUT2D eigenvalue weighted by Crippen LogP contribution is -2.63. The number of anilines is 2. The van der Waals surface area contributed by atoms with Gasteiger partial charge in [-0.3, -0.25) is 4.98 Å². The minimum atomic E-state index is -2.99. The van der Waals surface area contributed by atoms with E-state index in [1.165, 1.54) is 13.3 Å². The Morgan fingerprint density at radius 1 is 1.18 bits per heavy atom. The first kappa shape index (κ1) is 26.7. The van der Waals surface area contributed by atoms with Crippen LogP contribution in [-0.4, -0.2) is 58.3 Å². The highest BCUT2D eigenvalue weighted by atomic mass is 19.3. The SMILES string of the molecule is COc1cc(F)c(-c2cc(CNc3cc4[nH]ccc4cn3)c(N3CCC[C@](N)([C@H](O)C(F)F)C3)cn2)cc1F. The van der Waals surface area contributed by atoms with Crippen LogP contribution in [0.2, 0.25) is 0 Å². The Labute approximate surface area is 221 Å². The van der Waals surface area contributed by atoms with Gasteiger partial charge < -0.3 is 30.8 Å². The number of ether oxygens (including phenoxy) is 1. The first-order chi connectivity index (χ1) is 18.7. The molecule has 0 saturated carbocycles. The normalized spacial score (nSPS) is 18.5. The lowest BCUT2D eigenvalue weighted by molar-refractivity contribution is -0.0529. The molecule has 0 bridgehead atoms. The Hall–Kier alpha value is -3.90. The van der Waals surface area contributed by atoms with Crippen LogP contribution < -0.4 is 20.7 Å². The number of H-pyrrole nitrogens is 1. The highest BCUT2D eigenvalue weighted by Gasteiger charge is 2.43. The van der Waals surface area contributed by atoms with Gasteiger partial charge in [-0.2, -0.15) is 0 Å². The number of nitrogens with two attached hydrogens (primary N) is 1. The van der Waals surface area contributed by atoms with Crippen LogP contribution in [0.4, 0.5) is 29.1 Å². The van der Waals surface area contributed by atoms with Crippen molar-refractivity contribution in [1.82, 2.24) is 15.0 Å². The molecule has 4 heterocycles. The van der Waals surface area contributed by atoms with Crippen LogP contribution in [0.5, 0.6) is 5.75 Å². The highest BCUT2D eigenvalue weighted by molar-refractivity contribution is 5.80. The maximum absolute atomic E-state index is 14.9. The minimum absolute atomic E-state index is 0.0370. The molecular weight excluding hydrogens is 516 g/mol. The number of nitrogens with zero attached hydrogens (tertiary/aromatic N) is 3. The number of hydrogen-bond acceptors (Lipinski definition) is 7. The molecule has 1 fully saturated rings. The molecule has 2 atom stereocenters. The second-order valence-electron chi connectivity index (χ2n) is 9.69. The molecule has 1 aliphatic rings. The number of aliphatic hydroxyl groups excluding tert-OH is 1. The third-order valence-corrected chi connectivity index (χ3v) is 7.10. The van der Waals surface area contributed by atoms with Crippen molar-refractivity contribution in [2.24, 2.45) is 5.73 Å². The topological polar surface area (TPSA) is 112 Å². The van der Waals surface area contributed by atoms with E-state index in [0.29, 0.717) is 30.0 Å². The number of benzene rings is 1. The summed E-state index contributed by atoms with van der Waals surface area (Å²) >= 11 is 0. The summed E-state index contributed by atoms with van der Waals surface area (Å²) in [6, 6.07) is 7.30. The fourth-order valence-electron chi connectivity index (χ4n) is 4.98. The molecule has 1 aliphatic heterocycles. The molecule has 5 rings (SSSR count). The van der Waals surface area contributed by atoms with Crippen LogP contribution in [0.15, 0.2) is 48.9 Å². The summed E-state index contributed by atoms with van der Waals surface area (Å²) in [4.78, 5) is 13.7. The second kappa shape index (κ2) is 10.7. The molecule has 5 N–H and O–H groups in total. The number of aliphatic hydroxyl groups is 1. The molecule has 0 unspecified atom stereocenters. The van der Waals surface area contributed by atoms with E-state index in [2.05, 4.69) is 20.3 Å². The van der Waals surface area contributed by atoms with E-state index >= 15 is 0 Å². The summed E-state index contributed by atoms with van der Waals surface area (Å²) in [6.45, 7) is 0.654. The second-order valence-corrected chi connectivity index (χ2v) is 9.69. The number of pyridine rings is 2. The number of aromatic amines is 1. The fraction of sp³-hybridized carbons (Fsp3) is 0.333. The largest absolute Gasteiger partial charge is 0.494 e. The molecular formula is C27H28F4N6O2. The van der Waals surface area contributed by atoms with Crippen molar-refractivity contribution in [3.63, 3.8) is 0 Å². The van der Waals surface area contributed by atoms with Crippen molar-refractivity contribution in [3.05, 3.63) is 66.1 Å². The lowest BCUT2D eigenvalue weighted by Gasteiger charge is -2.44. The van der Waals surface area contributed by atoms with E-state index in [1.807, 2.05) is 12.1 Å². The molecule has 1 aromatic carbocycles. The fourth-order valence-corrected chi connectivity index (χ4v) is 4.98. The summed E-state index contributed by atoms with van der Waals surface area (Å²) in [5.41, 5.74) is 6.90. The predicted octanol–water partition coefficient (Wildman–Crippen LogP) is 4.45. The van der Waals surface area contributed by atoms with Crippen LogP contribution in [-0.2, 0) is 6.54 Å². The van der Waals surface area contributed by atoms with Crippen molar-refractivity contribution in [1.29, 1.82) is 0 Å². The molecule has 4 aromatic rings. The smallest absolute Gasteiger partial charge is 0.265 e. The monoisotopic (exact) mass is 544 g/mol. The van der Waals surface area contributed by atoms with E-state index in [0.717, 1.165) is 23.0 Å². The van der Waals surface area contributed by atoms with Crippen molar-refractivity contribution >= 4 is 22.4 Å². The number of piperidine rings is 1. The predicted molar refractivity (Wildman–Crippen MR) is 140 cm³/mol. The van der Waals surface area contributed by atoms with Gasteiger partial charge in [0, 0.05) is 55.1 Å². The van der Waals surface area contributed by atoms with Crippen LogP contribution in [0.25, 0.3) is 22.2 Å². The number of halogens is 4. The molecule has 39 heavy (non-hydrogen) atoms. The Morgan fingerprint density at radius 2 is 2.00 bits per heavy atom. The van der Waals surface area contributed by atoms with Crippen molar-refractivity contribution in [2.45, 2.75) is 37.5 Å². The molecule has 0 aliphatic carbocycles. The van der Waals surface area contributed by atoms with Gasteiger partial charge in [-0.05, 0) is 36.6 Å². The standard InChI is InChI=1S/C27H28F4N6O2/c1-39-23-9-18(28)17(8-19(23)29)21-7-16(12-36-24-10-20-15(11-35-24)3-5-33-20)22(13-34-21)37-6-2-4-27(32,14-37)25(38)26(30)31/h3,5,7-11,13,25-26,33,38H,2,4,6,12,14,32H2,1H3,(H,35,36)/t25-,27-/m1/s1. The third-order valence-electron chi connectivity index (χ3n) is 7.10. The first-order valence-corrected chi connectivity index (χ1v) is 12.4. The molecule has 3 aromatic heterocycles. The summed E-state index contributed by atoms with van der Waals surface area (Å²) in [7, 11) is 1.24. The molecule has 12 heteroatoms. The number of methoxy groups -OCH3 is 1. The van der Waals surface area contributed by atoms with Crippen molar-refractivity contribution in [3.8, 4) is 17.0 Å². The average molecular weight is 545 g/mol. The molecule has 1 saturated heterocycles. The highest BCUT2D eigenvalue weighted by Crippen LogP contribution is 2.34.